The van der Waals surface area contributed by atoms with Crippen LogP contribution < -0.4 is 5.32 Å². The van der Waals surface area contributed by atoms with E-state index in [-0.39, 0.29) is 12.6 Å². The van der Waals surface area contributed by atoms with Gasteiger partial charge < -0.3 is 15.3 Å². The number of carbonyl (C=O) groups excluding carboxylic acids is 1. The molecule has 1 aromatic carbocycles. The molecule has 0 atom stereocenters. The number of aromatic nitrogens is 2. The Bertz CT molecular complexity index is 569. The molecule has 0 bridgehead atoms. The second kappa shape index (κ2) is 7.44. The molecule has 0 aliphatic heterocycles. The fourth-order valence-corrected chi connectivity index (χ4v) is 2.01. The van der Waals surface area contributed by atoms with Crippen LogP contribution in [0.2, 0.25) is 0 Å². The fourth-order valence-electron chi connectivity index (χ4n) is 2.01. The van der Waals surface area contributed by atoms with Crippen LogP contribution in [0.1, 0.15) is 11.1 Å². The molecule has 6 nitrogen and oxygen atoms in total. The number of nitrogens with zero attached hydrogens (tertiary/aromatic N) is 3. The summed E-state index contributed by atoms with van der Waals surface area (Å²) >= 11 is 0. The molecule has 0 spiro atoms. The van der Waals surface area contributed by atoms with Gasteiger partial charge in [0.25, 0.3) is 0 Å². The van der Waals surface area contributed by atoms with Gasteiger partial charge in [-0.1, -0.05) is 24.3 Å². The first kappa shape index (κ1) is 15.1. The van der Waals surface area contributed by atoms with Gasteiger partial charge in [0.1, 0.15) is 0 Å². The van der Waals surface area contributed by atoms with Crippen LogP contribution in [0.4, 0.5) is 4.79 Å². The van der Waals surface area contributed by atoms with Crippen molar-refractivity contribution in [3.8, 4) is 0 Å². The Labute approximate surface area is 124 Å². The molecule has 2 N–H and O–H groups in total. The molecule has 1 aromatic heterocycles. The topological polar surface area (TPSA) is 70.4 Å². The second-order valence-corrected chi connectivity index (χ2v) is 4.78. The van der Waals surface area contributed by atoms with E-state index in [0.29, 0.717) is 19.6 Å². The monoisotopic (exact) mass is 288 g/mol. The largest absolute Gasteiger partial charge is 0.395 e. The zero-order valence-electron chi connectivity index (χ0n) is 12.1. The maximum atomic E-state index is 11.8. The number of rotatable bonds is 6. The van der Waals surface area contributed by atoms with Crippen molar-refractivity contribution in [1.82, 2.24) is 20.0 Å². The third-order valence-corrected chi connectivity index (χ3v) is 3.22. The van der Waals surface area contributed by atoms with E-state index < -0.39 is 0 Å². The van der Waals surface area contributed by atoms with Crippen LogP contribution >= 0.6 is 0 Å². The molecule has 0 unspecified atom stereocenters. The van der Waals surface area contributed by atoms with Crippen LogP contribution in [0.3, 0.4) is 0 Å². The Morgan fingerprint density at radius 1 is 1.33 bits per heavy atom. The van der Waals surface area contributed by atoms with Crippen molar-refractivity contribution in [2.45, 2.75) is 13.1 Å². The van der Waals surface area contributed by atoms with Crippen LogP contribution in [-0.2, 0) is 13.1 Å². The Hall–Kier alpha value is -2.34. The maximum Gasteiger partial charge on any atom is 0.317 e. The lowest BCUT2D eigenvalue weighted by atomic mass is 10.1. The van der Waals surface area contributed by atoms with Crippen molar-refractivity contribution in [3.63, 3.8) is 0 Å². The fraction of sp³-hybridized carbons (Fsp3) is 0.333. The normalized spacial score (nSPS) is 10.4. The maximum absolute atomic E-state index is 11.8. The van der Waals surface area contributed by atoms with Crippen LogP contribution in [0.5, 0.6) is 0 Å². The molecule has 6 heteroatoms. The SMILES string of the molecule is CN(CCO)C(=O)NCc1ccccc1Cn1cccn1. The highest BCUT2D eigenvalue weighted by molar-refractivity contribution is 5.73. The van der Waals surface area contributed by atoms with Gasteiger partial charge in [0.2, 0.25) is 0 Å². The van der Waals surface area contributed by atoms with Crippen molar-refractivity contribution in [2.75, 3.05) is 20.2 Å². The van der Waals surface area contributed by atoms with Gasteiger partial charge >= 0.3 is 6.03 Å². The van der Waals surface area contributed by atoms with E-state index >= 15 is 0 Å². The highest BCUT2D eigenvalue weighted by Crippen LogP contribution is 2.10. The summed E-state index contributed by atoms with van der Waals surface area (Å²) in [5.74, 6) is 0. The van der Waals surface area contributed by atoms with E-state index in [9.17, 15) is 4.79 Å². The number of urea groups is 1. The average Bonchev–Trinajstić information content (AvgIpc) is 2.99. The third-order valence-electron chi connectivity index (χ3n) is 3.22. The predicted molar refractivity (Wildman–Crippen MR) is 79.7 cm³/mol. The number of likely N-dealkylation sites (N-methyl/N-ethyl adjacent to an activating group) is 1. The Morgan fingerprint density at radius 2 is 2.10 bits per heavy atom. The molecule has 2 rings (SSSR count). The molecule has 112 valence electrons. The smallest absolute Gasteiger partial charge is 0.317 e. The number of amides is 2. The van der Waals surface area contributed by atoms with Gasteiger partial charge in [-0.15, -0.1) is 0 Å². The molecule has 1 heterocycles. The zero-order chi connectivity index (χ0) is 15.1. The lowest BCUT2D eigenvalue weighted by molar-refractivity contribution is 0.190. The van der Waals surface area contributed by atoms with Crippen LogP contribution in [0.25, 0.3) is 0 Å². The highest BCUT2D eigenvalue weighted by Gasteiger charge is 2.09. The average molecular weight is 288 g/mol. The molecule has 2 amide bonds. The predicted octanol–water partition coefficient (Wildman–Crippen LogP) is 1.07. The number of aliphatic hydroxyl groups excluding tert-OH is 1. The molecule has 0 aliphatic rings. The molecular weight excluding hydrogens is 268 g/mol. The summed E-state index contributed by atoms with van der Waals surface area (Å²) in [6.45, 7) is 1.40. The second-order valence-electron chi connectivity index (χ2n) is 4.78. The van der Waals surface area contributed by atoms with E-state index in [1.54, 1.807) is 13.2 Å². The first-order chi connectivity index (χ1) is 10.2. The molecule has 2 aromatic rings. The molecule has 0 saturated heterocycles. The Balaban J connectivity index is 1.98. The van der Waals surface area contributed by atoms with Crippen molar-refractivity contribution < 1.29 is 9.90 Å². The summed E-state index contributed by atoms with van der Waals surface area (Å²) in [6, 6.07) is 9.63. The van der Waals surface area contributed by atoms with Gasteiger partial charge in [0.15, 0.2) is 0 Å². The summed E-state index contributed by atoms with van der Waals surface area (Å²) in [4.78, 5) is 13.3. The van der Waals surface area contributed by atoms with Gasteiger partial charge in [-0.05, 0) is 17.2 Å². The molecule has 0 radical (unpaired) electrons. The Kier molecular flexibility index (Phi) is 5.34. The van der Waals surface area contributed by atoms with Gasteiger partial charge in [-0.2, -0.15) is 5.10 Å². The van der Waals surface area contributed by atoms with E-state index in [2.05, 4.69) is 10.4 Å². The highest BCUT2D eigenvalue weighted by atomic mass is 16.3. The van der Waals surface area contributed by atoms with Crippen molar-refractivity contribution in [3.05, 3.63) is 53.9 Å². The summed E-state index contributed by atoms with van der Waals surface area (Å²) in [7, 11) is 1.65. The van der Waals surface area contributed by atoms with Crippen molar-refractivity contribution in [2.24, 2.45) is 0 Å². The standard InChI is InChI=1S/C15H20N4O2/c1-18(9-10-20)15(21)16-11-13-5-2-3-6-14(13)12-19-8-4-7-17-19/h2-8,20H,9-12H2,1H3,(H,16,21). The zero-order valence-corrected chi connectivity index (χ0v) is 12.1. The minimum absolute atomic E-state index is 0.0419. The first-order valence-electron chi connectivity index (χ1n) is 6.84. The van der Waals surface area contributed by atoms with Crippen LogP contribution in [0.15, 0.2) is 42.7 Å². The molecular formula is C15H20N4O2. The molecule has 0 fully saturated rings. The number of benzene rings is 1. The quantitative estimate of drug-likeness (QED) is 0.835. The van der Waals surface area contributed by atoms with Crippen LogP contribution in [0, 0.1) is 0 Å². The van der Waals surface area contributed by atoms with Crippen LogP contribution in [-0.4, -0.2) is 46.0 Å². The van der Waals surface area contributed by atoms with Gasteiger partial charge in [0.05, 0.1) is 13.2 Å². The van der Waals surface area contributed by atoms with Gasteiger partial charge in [0, 0.05) is 32.5 Å². The lowest BCUT2D eigenvalue weighted by Gasteiger charge is -2.17. The van der Waals surface area contributed by atoms with Crippen molar-refractivity contribution in [1.29, 1.82) is 0 Å². The van der Waals surface area contributed by atoms with Gasteiger partial charge in [-0.25, -0.2) is 4.79 Å². The molecule has 21 heavy (non-hydrogen) atoms. The number of carbonyl (C=O) groups is 1. The molecule has 0 aliphatic carbocycles. The minimum atomic E-state index is -0.196. The molecule has 0 saturated carbocycles. The number of aliphatic hydroxyl groups is 1. The Morgan fingerprint density at radius 3 is 2.76 bits per heavy atom. The van der Waals surface area contributed by atoms with Gasteiger partial charge in [-0.3, -0.25) is 4.68 Å². The summed E-state index contributed by atoms with van der Waals surface area (Å²) in [6.07, 6.45) is 3.65. The number of hydrogen-bond acceptors (Lipinski definition) is 3. The summed E-state index contributed by atoms with van der Waals surface area (Å²) in [5, 5.41) is 15.9. The minimum Gasteiger partial charge on any atom is -0.395 e. The van der Waals surface area contributed by atoms with E-state index in [1.165, 1.54) is 4.90 Å². The van der Waals surface area contributed by atoms with Crippen molar-refractivity contribution >= 4 is 6.03 Å². The first-order valence-corrected chi connectivity index (χ1v) is 6.84. The number of hydrogen-bond donors (Lipinski definition) is 2. The van der Waals surface area contributed by atoms with E-state index in [0.717, 1.165) is 11.1 Å². The number of nitrogens with one attached hydrogen (secondary N) is 1. The summed E-state index contributed by atoms with van der Waals surface area (Å²) < 4.78 is 1.85. The summed E-state index contributed by atoms with van der Waals surface area (Å²) in [5.41, 5.74) is 2.17. The van der Waals surface area contributed by atoms with E-state index in [1.807, 2.05) is 41.2 Å². The third kappa shape index (κ3) is 4.32. The lowest BCUT2D eigenvalue weighted by Crippen LogP contribution is -2.38. The van der Waals surface area contributed by atoms with E-state index in [4.69, 9.17) is 5.11 Å².